The minimum absolute atomic E-state index is 0.0837. The summed E-state index contributed by atoms with van der Waals surface area (Å²) in [5.74, 6) is 0.604. The van der Waals surface area contributed by atoms with Gasteiger partial charge in [-0.25, -0.2) is 0 Å². The Morgan fingerprint density at radius 1 is 1.22 bits per heavy atom. The molecule has 3 nitrogen and oxygen atoms in total. The molecule has 0 saturated carbocycles. The number of rotatable bonds is 6. The molecule has 0 heterocycles. The van der Waals surface area contributed by atoms with Crippen molar-refractivity contribution in [2.24, 2.45) is 0 Å². The van der Waals surface area contributed by atoms with Gasteiger partial charge in [-0.3, -0.25) is 4.79 Å². The smallest absolute Gasteiger partial charge is 0.307 e. The van der Waals surface area contributed by atoms with E-state index < -0.39 is 5.97 Å². The Labute approximate surface area is 141 Å². The predicted molar refractivity (Wildman–Crippen MR) is 92.8 cm³/mol. The molecule has 1 atom stereocenters. The predicted octanol–water partition coefficient (Wildman–Crippen LogP) is 5.58. The van der Waals surface area contributed by atoms with Crippen LogP contribution in [0.2, 0.25) is 5.02 Å². The fourth-order valence-electron chi connectivity index (χ4n) is 2.37. The molecule has 0 unspecified atom stereocenters. The van der Waals surface area contributed by atoms with Crippen LogP contribution < -0.4 is 4.74 Å². The lowest BCUT2D eigenvalue weighted by Crippen LogP contribution is -2.02. The lowest BCUT2D eigenvalue weighted by molar-refractivity contribution is -0.136. The standard InChI is InChI=1S/C19H21ClO3/c1-4-13(3)14-6-8-18(16(20)10-14)23-17-7-5-12(2)9-15(17)11-19(21)22/h5-10,13H,4,11H2,1-3H3,(H,21,22)/t13-/m1/s1. The second kappa shape index (κ2) is 7.51. The van der Waals surface area contributed by atoms with Gasteiger partial charge in [-0.05, 0) is 43.0 Å². The first kappa shape index (κ1) is 17.4. The van der Waals surface area contributed by atoms with Gasteiger partial charge in [0.1, 0.15) is 11.5 Å². The summed E-state index contributed by atoms with van der Waals surface area (Å²) < 4.78 is 5.87. The zero-order valence-electron chi connectivity index (χ0n) is 13.6. The molecule has 0 amide bonds. The zero-order chi connectivity index (χ0) is 17.0. The summed E-state index contributed by atoms with van der Waals surface area (Å²) in [5, 5.41) is 9.58. The highest BCUT2D eigenvalue weighted by Gasteiger charge is 2.12. The number of carbonyl (C=O) groups is 1. The molecular weight excluding hydrogens is 312 g/mol. The van der Waals surface area contributed by atoms with Crippen molar-refractivity contribution in [3.05, 3.63) is 58.1 Å². The molecule has 2 rings (SSSR count). The molecule has 0 aliphatic rings. The first-order chi connectivity index (χ1) is 10.9. The Morgan fingerprint density at radius 2 is 1.91 bits per heavy atom. The third-order valence-electron chi connectivity index (χ3n) is 3.91. The fourth-order valence-corrected chi connectivity index (χ4v) is 2.60. The highest BCUT2D eigenvalue weighted by molar-refractivity contribution is 6.32. The number of ether oxygens (including phenoxy) is 1. The second-order valence-corrected chi connectivity index (χ2v) is 6.19. The van der Waals surface area contributed by atoms with E-state index in [0.717, 1.165) is 12.0 Å². The van der Waals surface area contributed by atoms with Crippen LogP contribution in [0.4, 0.5) is 0 Å². The van der Waals surface area contributed by atoms with Gasteiger partial charge in [0, 0.05) is 5.56 Å². The average Bonchev–Trinajstić information content (AvgIpc) is 2.50. The SMILES string of the molecule is CC[C@@H](C)c1ccc(Oc2ccc(C)cc2CC(=O)O)c(Cl)c1. The lowest BCUT2D eigenvalue weighted by atomic mass is 9.99. The van der Waals surface area contributed by atoms with Crippen molar-refractivity contribution in [3.63, 3.8) is 0 Å². The van der Waals surface area contributed by atoms with Gasteiger partial charge < -0.3 is 9.84 Å². The van der Waals surface area contributed by atoms with Gasteiger partial charge in [-0.1, -0.05) is 49.2 Å². The third kappa shape index (κ3) is 4.49. The summed E-state index contributed by atoms with van der Waals surface area (Å²) >= 11 is 6.33. The molecule has 1 N–H and O–H groups in total. The van der Waals surface area contributed by atoms with E-state index in [-0.39, 0.29) is 6.42 Å². The summed E-state index contributed by atoms with van der Waals surface area (Å²) in [6.07, 6.45) is 0.955. The van der Waals surface area contributed by atoms with E-state index in [9.17, 15) is 4.79 Å². The Morgan fingerprint density at radius 3 is 2.52 bits per heavy atom. The minimum atomic E-state index is -0.890. The Bertz CT molecular complexity index is 710. The number of carboxylic acids is 1. The van der Waals surface area contributed by atoms with Crippen LogP contribution in [0.3, 0.4) is 0 Å². The van der Waals surface area contributed by atoms with Crippen LogP contribution in [0.1, 0.15) is 42.9 Å². The molecular formula is C19H21ClO3. The van der Waals surface area contributed by atoms with Crippen molar-refractivity contribution >= 4 is 17.6 Å². The van der Waals surface area contributed by atoms with Crippen LogP contribution in [-0.2, 0) is 11.2 Å². The maximum absolute atomic E-state index is 11.0. The molecule has 4 heteroatoms. The van der Waals surface area contributed by atoms with E-state index in [1.807, 2.05) is 37.3 Å². The van der Waals surface area contributed by atoms with Gasteiger partial charge in [-0.15, -0.1) is 0 Å². The zero-order valence-corrected chi connectivity index (χ0v) is 14.4. The Balaban J connectivity index is 2.30. The molecule has 23 heavy (non-hydrogen) atoms. The molecule has 0 radical (unpaired) electrons. The second-order valence-electron chi connectivity index (χ2n) is 5.78. The van der Waals surface area contributed by atoms with E-state index in [1.165, 1.54) is 5.56 Å². The monoisotopic (exact) mass is 332 g/mol. The maximum Gasteiger partial charge on any atom is 0.307 e. The number of carboxylic acid groups (broad SMARTS) is 1. The number of benzene rings is 2. The van der Waals surface area contributed by atoms with Crippen LogP contribution in [0.15, 0.2) is 36.4 Å². The van der Waals surface area contributed by atoms with Gasteiger partial charge in [0.15, 0.2) is 0 Å². The molecule has 0 aliphatic heterocycles. The first-order valence-electron chi connectivity index (χ1n) is 7.69. The van der Waals surface area contributed by atoms with Crippen molar-refractivity contribution in [1.29, 1.82) is 0 Å². The van der Waals surface area contributed by atoms with E-state index in [1.54, 1.807) is 6.07 Å². The number of aryl methyl sites for hydroxylation is 1. The van der Waals surface area contributed by atoms with Crippen LogP contribution in [0.5, 0.6) is 11.5 Å². The van der Waals surface area contributed by atoms with Gasteiger partial charge in [0.2, 0.25) is 0 Å². The van der Waals surface area contributed by atoms with E-state index in [0.29, 0.717) is 28.0 Å². The molecule has 0 aliphatic carbocycles. The minimum Gasteiger partial charge on any atom is -0.481 e. The molecule has 2 aromatic carbocycles. The summed E-state index contributed by atoms with van der Waals surface area (Å²) in [7, 11) is 0. The largest absolute Gasteiger partial charge is 0.481 e. The van der Waals surface area contributed by atoms with Crippen molar-refractivity contribution in [3.8, 4) is 11.5 Å². The third-order valence-corrected chi connectivity index (χ3v) is 4.21. The van der Waals surface area contributed by atoms with Crippen molar-refractivity contribution in [1.82, 2.24) is 0 Å². The molecule has 0 aromatic heterocycles. The Hall–Kier alpha value is -2.00. The van der Waals surface area contributed by atoms with Gasteiger partial charge in [0.25, 0.3) is 0 Å². The highest BCUT2D eigenvalue weighted by atomic mass is 35.5. The van der Waals surface area contributed by atoms with E-state index in [4.69, 9.17) is 21.4 Å². The number of hydrogen-bond donors (Lipinski definition) is 1. The normalized spacial score (nSPS) is 12.0. The van der Waals surface area contributed by atoms with Gasteiger partial charge >= 0.3 is 5.97 Å². The van der Waals surface area contributed by atoms with Crippen molar-refractivity contribution < 1.29 is 14.6 Å². The molecule has 0 saturated heterocycles. The van der Waals surface area contributed by atoms with E-state index in [2.05, 4.69) is 13.8 Å². The lowest BCUT2D eigenvalue weighted by Gasteiger charge is -2.14. The average molecular weight is 333 g/mol. The molecule has 0 fully saturated rings. The van der Waals surface area contributed by atoms with Crippen LogP contribution in [0, 0.1) is 6.92 Å². The maximum atomic E-state index is 11.0. The van der Waals surface area contributed by atoms with Gasteiger partial charge in [0.05, 0.1) is 11.4 Å². The van der Waals surface area contributed by atoms with Crippen LogP contribution in [-0.4, -0.2) is 11.1 Å². The Kier molecular flexibility index (Phi) is 5.67. The summed E-state index contributed by atoms with van der Waals surface area (Å²) in [4.78, 5) is 11.0. The van der Waals surface area contributed by atoms with E-state index >= 15 is 0 Å². The summed E-state index contributed by atoms with van der Waals surface area (Å²) in [6.45, 7) is 6.20. The number of aliphatic carboxylic acids is 1. The van der Waals surface area contributed by atoms with Crippen LogP contribution >= 0.6 is 11.6 Å². The molecule has 0 spiro atoms. The molecule has 122 valence electrons. The van der Waals surface area contributed by atoms with Gasteiger partial charge in [-0.2, -0.15) is 0 Å². The first-order valence-corrected chi connectivity index (χ1v) is 8.07. The number of halogens is 1. The number of hydrogen-bond acceptors (Lipinski definition) is 2. The highest BCUT2D eigenvalue weighted by Crippen LogP contribution is 2.34. The summed E-state index contributed by atoms with van der Waals surface area (Å²) in [5.41, 5.74) is 2.80. The quantitative estimate of drug-likeness (QED) is 0.751. The molecule has 0 bridgehead atoms. The van der Waals surface area contributed by atoms with Crippen molar-refractivity contribution in [2.75, 3.05) is 0 Å². The summed E-state index contributed by atoms with van der Waals surface area (Å²) in [6, 6.07) is 11.3. The molecule has 2 aromatic rings. The topological polar surface area (TPSA) is 46.5 Å². The van der Waals surface area contributed by atoms with Crippen LogP contribution in [0.25, 0.3) is 0 Å². The fraction of sp³-hybridized carbons (Fsp3) is 0.316. The van der Waals surface area contributed by atoms with Crippen molar-refractivity contribution in [2.45, 2.75) is 39.5 Å².